The van der Waals surface area contributed by atoms with Gasteiger partial charge in [0.1, 0.15) is 17.3 Å². The van der Waals surface area contributed by atoms with Gasteiger partial charge < -0.3 is 14.0 Å². The van der Waals surface area contributed by atoms with Crippen LogP contribution in [0.3, 0.4) is 0 Å². The normalized spacial score (nSPS) is 12.0. The van der Waals surface area contributed by atoms with Crippen LogP contribution in [-0.2, 0) is 13.6 Å². The van der Waals surface area contributed by atoms with Gasteiger partial charge in [-0.15, -0.1) is 0 Å². The topological polar surface area (TPSA) is 48.3 Å². The van der Waals surface area contributed by atoms with Gasteiger partial charge in [-0.3, -0.25) is 5.32 Å². The number of ether oxygens (including phenoxy) is 2. The lowest BCUT2D eigenvalue weighted by molar-refractivity contribution is 0.392. The molecule has 26 heavy (non-hydrogen) atoms. The van der Waals surface area contributed by atoms with E-state index >= 15 is 0 Å². The number of benzene rings is 2. The summed E-state index contributed by atoms with van der Waals surface area (Å²) in [6.07, 6.45) is 3.77. The van der Waals surface area contributed by atoms with E-state index in [1.165, 1.54) is 11.1 Å². The Kier molecular flexibility index (Phi) is 5.58. The van der Waals surface area contributed by atoms with Crippen LogP contribution in [0.2, 0.25) is 0 Å². The number of hydrogen-bond donors (Lipinski definition) is 1. The van der Waals surface area contributed by atoms with Crippen LogP contribution in [0.25, 0.3) is 0 Å². The molecule has 136 valence electrons. The second-order valence-corrected chi connectivity index (χ2v) is 6.35. The zero-order valence-corrected chi connectivity index (χ0v) is 15.7. The smallest absolute Gasteiger partial charge is 0.130 e. The molecule has 0 saturated heterocycles. The van der Waals surface area contributed by atoms with Crippen molar-refractivity contribution in [1.29, 1.82) is 0 Å². The second kappa shape index (κ2) is 8.06. The van der Waals surface area contributed by atoms with Gasteiger partial charge >= 0.3 is 0 Å². The average molecular weight is 351 g/mol. The summed E-state index contributed by atoms with van der Waals surface area (Å²) in [5, 5.41) is 3.63. The average Bonchev–Trinajstić information content (AvgIpc) is 3.07. The zero-order chi connectivity index (χ0) is 18.5. The van der Waals surface area contributed by atoms with E-state index in [1.807, 2.05) is 42.2 Å². The minimum absolute atomic E-state index is 0.0838. The fraction of sp³-hybridized carbons (Fsp3) is 0.286. The Hall–Kier alpha value is -2.79. The van der Waals surface area contributed by atoms with Gasteiger partial charge in [-0.05, 0) is 30.2 Å². The summed E-state index contributed by atoms with van der Waals surface area (Å²) in [4.78, 5) is 4.55. The number of methoxy groups -OCH3 is 2. The maximum atomic E-state index is 5.44. The highest BCUT2D eigenvalue weighted by Gasteiger charge is 2.20. The van der Waals surface area contributed by atoms with E-state index in [0.717, 1.165) is 29.4 Å². The monoisotopic (exact) mass is 351 g/mol. The van der Waals surface area contributed by atoms with Gasteiger partial charge in [-0.2, -0.15) is 0 Å². The van der Waals surface area contributed by atoms with Crippen LogP contribution in [0.15, 0.2) is 54.9 Å². The molecular weight excluding hydrogens is 326 g/mol. The number of rotatable bonds is 7. The second-order valence-electron chi connectivity index (χ2n) is 6.35. The van der Waals surface area contributed by atoms with Crippen LogP contribution in [-0.4, -0.2) is 23.8 Å². The van der Waals surface area contributed by atoms with Crippen molar-refractivity contribution in [3.8, 4) is 11.5 Å². The molecule has 3 aromatic rings. The molecule has 0 fully saturated rings. The molecule has 3 rings (SSSR count). The summed E-state index contributed by atoms with van der Waals surface area (Å²) in [5.41, 5.74) is 3.53. The number of aryl methyl sites for hydroxylation is 2. The van der Waals surface area contributed by atoms with Crippen molar-refractivity contribution in [2.75, 3.05) is 14.2 Å². The molecule has 0 spiro atoms. The van der Waals surface area contributed by atoms with Crippen molar-refractivity contribution < 1.29 is 9.47 Å². The van der Waals surface area contributed by atoms with Crippen LogP contribution in [0.5, 0.6) is 11.5 Å². The number of hydrogen-bond acceptors (Lipinski definition) is 4. The molecule has 0 aliphatic rings. The first kappa shape index (κ1) is 18.0. The minimum Gasteiger partial charge on any atom is -0.497 e. The molecule has 5 heteroatoms. The fourth-order valence-electron chi connectivity index (χ4n) is 3.05. The predicted molar refractivity (Wildman–Crippen MR) is 103 cm³/mol. The van der Waals surface area contributed by atoms with Crippen molar-refractivity contribution in [1.82, 2.24) is 14.9 Å². The van der Waals surface area contributed by atoms with Crippen LogP contribution in [0, 0.1) is 6.92 Å². The molecule has 1 aromatic heterocycles. The van der Waals surface area contributed by atoms with Crippen LogP contribution in [0.4, 0.5) is 0 Å². The van der Waals surface area contributed by atoms with Gasteiger partial charge in [0.05, 0.1) is 20.3 Å². The Morgan fingerprint density at radius 1 is 1.08 bits per heavy atom. The standard InChI is InChI=1S/C21H25N3O2/c1-15-6-5-7-16(10-15)14-23-20(21-22-8-9-24(21)2)17-11-18(25-3)13-19(12-17)26-4/h5-13,20,23H,14H2,1-4H3. The Bertz CT molecular complexity index is 851. The SMILES string of the molecule is COc1cc(OC)cc(C(NCc2cccc(C)c2)c2nccn2C)c1. The van der Waals surface area contributed by atoms with E-state index in [9.17, 15) is 0 Å². The molecule has 2 aromatic carbocycles. The van der Waals surface area contributed by atoms with Crippen LogP contribution >= 0.6 is 0 Å². The molecule has 0 aliphatic carbocycles. The van der Waals surface area contributed by atoms with Gasteiger partial charge in [0.25, 0.3) is 0 Å². The summed E-state index contributed by atoms with van der Waals surface area (Å²) < 4.78 is 12.9. The summed E-state index contributed by atoms with van der Waals surface area (Å²) in [7, 11) is 5.32. The van der Waals surface area contributed by atoms with Gasteiger partial charge in [-0.1, -0.05) is 29.8 Å². The van der Waals surface area contributed by atoms with E-state index in [-0.39, 0.29) is 6.04 Å². The molecule has 0 saturated carbocycles. The molecule has 0 aliphatic heterocycles. The van der Waals surface area contributed by atoms with Gasteiger partial charge in [0.2, 0.25) is 0 Å². The van der Waals surface area contributed by atoms with Gasteiger partial charge in [-0.25, -0.2) is 4.98 Å². The molecule has 0 bridgehead atoms. The first-order valence-electron chi connectivity index (χ1n) is 8.60. The Balaban J connectivity index is 1.95. The van der Waals surface area contributed by atoms with E-state index in [2.05, 4.69) is 41.5 Å². The Labute approximate surface area is 154 Å². The molecule has 0 radical (unpaired) electrons. The Morgan fingerprint density at radius 3 is 2.38 bits per heavy atom. The van der Waals surface area contributed by atoms with Crippen molar-refractivity contribution in [3.05, 3.63) is 77.4 Å². The fourth-order valence-corrected chi connectivity index (χ4v) is 3.05. The first-order valence-corrected chi connectivity index (χ1v) is 8.60. The third-order valence-corrected chi connectivity index (χ3v) is 4.42. The van der Waals surface area contributed by atoms with Gasteiger partial charge in [0, 0.05) is 32.1 Å². The Morgan fingerprint density at radius 2 is 1.81 bits per heavy atom. The number of nitrogens with one attached hydrogen (secondary N) is 1. The molecule has 0 amide bonds. The van der Waals surface area contributed by atoms with E-state index < -0.39 is 0 Å². The highest BCUT2D eigenvalue weighted by Crippen LogP contribution is 2.29. The summed E-state index contributed by atoms with van der Waals surface area (Å²) in [6, 6.07) is 14.3. The van der Waals surface area contributed by atoms with Crippen molar-refractivity contribution in [3.63, 3.8) is 0 Å². The molecular formula is C21H25N3O2. The third-order valence-electron chi connectivity index (χ3n) is 4.42. The lowest BCUT2D eigenvalue weighted by Gasteiger charge is -2.21. The largest absolute Gasteiger partial charge is 0.497 e. The quantitative estimate of drug-likeness (QED) is 0.706. The van der Waals surface area contributed by atoms with Gasteiger partial charge in [0.15, 0.2) is 0 Å². The van der Waals surface area contributed by atoms with Crippen molar-refractivity contribution in [2.45, 2.75) is 19.5 Å². The lowest BCUT2D eigenvalue weighted by atomic mass is 10.0. The van der Waals surface area contributed by atoms with E-state index in [4.69, 9.17) is 9.47 Å². The highest BCUT2D eigenvalue weighted by molar-refractivity contribution is 5.41. The van der Waals surface area contributed by atoms with Crippen LogP contribution < -0.4 is 14.8 Å². The van der Waals surface area contributed by atoms with E-state index in [1.54, 1.807) is 14.2 Å². The first-order chi connectivity index (χ1) is 12.6. The number of aromatic nitrogens is 2. The minimum atomic E-state index is -0.0838. The predicted octanol–water partition coefficient (Wildman–Crippen LogP) is 3.62. The maximum absolute atomic E-state index is 5.44. The number of imidazole rings is 1. The van der Waals surface area contributed by atoms with Crippen molar-refractivity contribution >= 4 is 0 Å². The highest BCUT2D eigenvalue weighted by atomic mass is 16.5. The summed E-state index contributed by atoms with van der Waals surface area (Å²) in [6.45, 7) is 2.84. The molecule has 1 N–H and O–H groups in total. The number of nitrogens with zero attached hydrogens (tertiary/aromatic N) is 2. The maximum Gasteiger partial charge on any atom is 0.130 e. The molecule has 5 nitrogen and oxygen atoms in total. The lowest BCUT2D eigenvalue weighted by Crippen LogP contribution is -2.25. The summed E-state index contributed by atoms with van der Waals surface area (Å²) >= 11 is 0. The molecule has 1 atom stereocenters. The molecule has 1 heterocycles. The van der Waals surface area contributed by atoms with E-state index in [0.29, 0.717) is 0 Å². The third kappa shape index (κ3) is 4.06. The molecule has 1 unspecified atom stereocenters. The summed E-state index contributed by atoms with van der Waals surface area (Å²) in [5.74, 6) is 2.46. The zero-order valence-electron chi connectivity index (χ0n) is 15.7. The van der Waals surface area contributed by atoms with Crippen LogP contribution in [0.1, 0.15) is 28.6 Å². The van der Waals surface area contributed by atoms with Crippen molar-refractivity contribution in [2.24, 2.45) is 7.05 Å².